The second-order valence-corrected chi connectivity index (χ2v) is 5.24. The smallest absolute Gasteiger partial charge is 0.255 e. The summed E-state index contributed by atoms with van der Waals surface area (Å²) in [5, 5.41) is 3.89. The number of carbonyl (C=O) groups is 1. The largest absolute Gasteiger partial charge is 0.334 e. The fourth-order valence-electron chi connectivity index (χ4n) is 2.37. The van der Waals surface area contributed by atoms with E-state index in [1.54, 1.807) is 18.2 Å². The van der Waals surface area contributed by atoms with Crippen molar-refractivity contribution in [3.63, 3.8) is 0 Å². The van der Waals surface area contributed by atoms with Gasteiger partial charge in [0.05, 0.1) is 15.6 Å². The van der Waals surface area contributed by atoms with E-state index in [2.05, 4.69) is 5.32 Å². The van der Waals surface area contributed by atoms with Crippen molar-refractivity contribution in [3.05, 3.63) is 33.8 Å². The van der Waals surface area contributed by atoms with E-state index < -0.39 is 0 Å². The third-order valence-electron chi connectivity index (χ3n) is 3.26. The summed E-state index contributed by atoms with van der Waals surface area (Å²) in [4.78, 5) is 14.3. The molecule has 1 saturated heterocycles. The molecule has 5 heteroatoms. The van der Waals surface area contributed by atoms with E-state index in [0.29, 0.717) is 15.6 Å². The van der Waals surface area contributed by atoms with Gasteiger partial charge in [0.2, 0.25) is 0 Å². The summed E-state index contributed by atoms with van der Waals surface area (Å²) in [6.07, 6.45) is 2.07. The Hall–Kier alpha value is -0.770. The van der Waals surface area contributed by atoms with E-state index >= 15 is 0 Å². The summed E-state index contributed by atoms with van der Waals surface area (Å²) in [5.74, 6) is -0.0275. The molecule has 0 saturated carbocycles. The Morgan fingerprint density at radius 2 is 2.28 bits per heavy atom. The van der Waals surface area contributed by atoms with Crippen molar-refractivity contribution in [2.24, 2.45) is 0 Å². The lowest BCUT2D eigenvalue weighted by Gasteiger charge is -2.25. The van der Waals surface area contributed by atoms with Crippen LogP contribution in [0.15, 0.2) is 18.2 Å². The maximum atomic E-state index is 12.5. The molecular formula is C13H16Cl2N2O. The lowest BCUT2D eigenvalue weighted by Crippen LogP contribution is -2.40. The Morgan fingerprint density at radius 3 is 3.00 bits per heavy atom. The van der Waals surface area contributed by atoms with Gasteiger partial charge in [0.15, 0.2) is 0 Å². The first-order valence-electron chi connectivity index (χ1n) is 6.04. The number of carbonyl (C=O) groups excluding carboxylic acids is 1. The molecule has 0 aromatic heterocycles. The summed E-state index contributed by atoms with van der Waals surface area (Å²) < 4.78 is 0. The molecule has 0 spiro atoms. The van der Waals surface area contributed by atoms with Crippen LogP contribution in [0.2, 0.25) is 10.0 Å². The molecule has 18 heavy (non-hydrogen) atoms. The maximum Gasteiger partial charge on any atom is 0.255 e. The Bertz CT molecular complexity index is 451. The quantitative estimate of drug-likeness (QED) is 0.927. The van der Waals surface area contributed by atoms with Crippen LogP contribution in [0.1, 0.15) is 23.2 Å². The van der Waals surface area contributed by atoms with Crippen LogP contribution in [0.3, 0.4) is 0 Å². The average Bonchev–Trinajstić information content (AvgIpc) is 2.80. The lowest BCUT2D eigenvalue weighted by molar-refractivity contribution is 0.0737. The average molecular weight is 287 g/mol. The van der Waals surface area contributed by atoms with E-state index in [0.717, 1.165) is 25.9 Å². The Kier molecular flexibility index (Phi) is 4.49. The molecule has 0 unspecified atom stereocenters. The van der Waals surface area contributed by atoms with Crippen molar-refractivity contribution >= 4 is 29.1 Å². The van der Waals surface area contributed by atoms with E-state index in [1.165, 1.54) is 0 Å². The summed E-state index contributed by atoms with van der Waals surface area (Å²) in [6, 6.07) is 5.42. The van der Waals surface area contributed by atoms with Crippen molar-refractivity contribution in [3.8, 4) is 0 Å². The zero-order chi connectivity index (χ0) is 13.1. The molecule has 2 rings (SSSR count). The first-order chi connectivity index (χ1) is 8.65. The van der Waals surface area contributed by atoms with Gasteiger partial charge >= 0.3 is 0 Å². The van der Waals surface area contributed by atoms with Crippen LogP contribution in [0.4, 0.5) is 0 Å². The fourth-order valence-corrected chi connectivity index (χ4v) is 2.76. The minimum Gasteiger partial charge on any atom is -0.334 e. The zero-order valence-corrected chi connectivity index (χ0v) is 11.8. The minimum absolute atomic E-state index is 0.0275. The van der Waals surface area contributed by atoms with Gasteiger partial charge in [0, 0.05) is 19.1 Å². The van der Waals surface area contributed by atoms with Gasteiger partial charge in [0.25, 0.3) is 5.91 Å². The Morgan fingerprint density at radius 1 is 1.50 bits per heavy atom. The molecule has 1 aliphatic rings. The van der Waals surface area contributed by atoms with Crippen LogP contribution in [-0.4, -0.2) is 37.0 Å². The molecule has 1 atom stereocenters. The Balaban J connectivity index is 2.23. The number of nitrogens with one attached hydrogen (secondary N) is 1. The number of hydrogen-bond donors (Lipinski definition) is 1. The molecule has 3 nitrogen and oxygen atoms in total. The normalized spacial score (nSPS) is 19.3. The standard InChI is InChI=1S/C13H16Cl2N2O/c1-16-8-9-4-3-7-17(9)13(18)10-5-2-6-11(14)12(10)15/h2,5-6,9,16H,3-4,7-8H2,1H3/t9-/m1/s1. The first-order valence-corrected chi connectivity index (χ1v) is 6.80. The second kappa shape index (κ2) is 5.91. The van der Waals surface area contributed by atoms with Crippen LogP contribution in [0.5, 0.6) is 0 Å². The van der Waals surface area contributed by atoms with E-state index in [-0.39, 0.29) is 11.9 Å². The van der Waals surface area contributed by atoms with Gasteiger partial charge in [-0.1, -0.05) is 29.3 Å². The summed E-state index contributed by atoms with van der Waals surface area (Å²) in [5.41, 5.74) is 0.493. The van der Waals surface area contributed by atoms with Gasteiger partial charge in [-0.15, -0.1) is 0 Å². The van der Waals surface area contributed by atoms with Crippen molar-refractivity contribution in [1.29, 1.82) is 0 Å². The topological polar surface area (TPSA) is 32.3 Å². The highest BCUT2D eigenvalue weighted by Gasteiger charge is 2.30. The number of likely N-dealkylation sites (N-methyl/N-ethyl adjacent to an activating group) is 1. The minimum atomic E-state index is -0.0275. The number of hydrogen-bond acceptors (Lipinski definition) is 2. The molecule has 1 amide bonds. The third-order valence-corrected chi connectivity index (χ3v) is 4.08. The van der Waals surface area contributed by atoms with Crippen LogP contribution in [0, 0.1) is 0 Å². The number of benzene rings is 1. The van der Waals surface area contributed by atoms with Gasteiger partial charge in [-0.2, -0.15) is 0 Å². The molecule has 1 aliphatic heterocycles. The Labute approximate surface area is 117 Å². The van der Waals surface area contributed by atoms with Crippen LogP contribution >= 0.6 is 23.2 Å². The molecule has 0 radical (unpaired) electrons. The number of rotatable bonds is 3. The predicted molar refractivity (Wildman–Crippen MR) is 74.4 cm³/mol. The fraction of sp³-hybridized carbons (Fsp3) is 0.462. The number of amides is 1. The van der Waals surface area contributed by atoms with Gasteiger partial charge in [0.1, 0.15) is 0 Å². The molecule has 0 aliphatic carbocycles. The SMILES string of the molecule is CNC[C@H]1CCCN1C(=O)c1cccc(Cl)c1Cl. The number of halogens is 2. The lowest BCUT2D eigenvalue weighted by atomic mass is 10.1. The number of likely N-dealkylation sites (tertiary alicyclic amines) is 1. The van der Waals surface area contributed by atoms with E-state index in [1.807, 2.05) is 11.9 Å². The van der Waals surface area contributed by atoms with Gasteiger partial charge in [-0.3, -0.25) is 4.79 Å². The summed E-state index contributed by atoms with van der Waals surface area (Å²) in [7, 11) is 1.90. The van der Waals surface area contributed by atoms with Crippen LogP contribution in [0.25, 0.3) is 0 Å². The molecular weight excluding hydrogens is 271 g/mol. The van der Waals surface area contributed by atoms with Crippen molar-refractivity contribution in [2.45, 2.75) is 18.9 Å². The van der Waals surface area contributed by atoms with Crippen LogP contribution < -0.4 is 5.32 Å². The molecule has 98 valence electrons. The first kappa shape index (κ1) is 13.7. The highest BCUT2D eigenvalue weighted by atomic mass is 35.5. The highest BCUT2D eigenvalue weighted by Crippen LogP contribution is 2.28. The highest BCUT2D eigenvalue weighted by molar-refractivity contribution is 6.43. The molecule has 1 aromatic carbocycles. The second-order valence-electron chi connectivity index (χ2n) is 4.45. The molecule has 1 aromatic rings. The molecule has 0 bridgehead atoms. The van der Waals surface area contributed by atoms with Crippen LogP contribution in [-0.2, 0) is 0 Å². The molecule has 1 heterocycles. The van der Waals surface area contributed by atoms with E-state index in [9.17, 15) is 4.79 Å². The summed E-state index contributed by atoms with van der Waals surface area (Å²) >= 11 is 12.0. The zero-order valence-electron chi connectivity index (χ0n) is 10.2. The third kappa shape index (κ3) is 2.63. The van der Waals surface area contributed by atoms with Crippen molar-refractivity contribution < 1.29 is 4.79 Å². The van der Waals surface area contributed by atoms with Gasteiger partial charge in [-0.25, -0.2) is 0 Å². The monoisotopic (exact) mass is 286 g/mol. The van der Waals surface area contributed by atoms with Crippen molar-refractivity contribution in [2.75, 3.05) is 20.1 Å². The van der Waals surface area contributed by atoms with Gasteiger partial charge < -0.3 is 10.2 Å². The van der Waals surface area contributed by atoms with E-state index in [4.69, 9.17) is 23.2 Å². The predicted octanol–water partition coefficient (Wildman–Crippen LogP) is 2.82. The van der Waals surface area contributed by atoms with Gasteiger partial charge in [-0.05, 0) is 32.0 Å². The number of nitrogens with zero attached hydrogens (tertiary/aromatic N) is 1. The van der Waals surface area contributed by atoms with Crippen molar-refractivity contribution in [1.82, 2.24) is 10.2 Å². The maximum absolute atomic E-state index is 12.5. The molecule has 1 fully saturated rings. The molecule has 1 N–H and O–H groups in total. The summed E-state index contributed by atoms with van der Waals surface area (Å²) in [6.45, 7) is 1.60.